The lowest BCUT2D eigenvalue weighted by Gasteiger charge is -2.50. The van der Waals surface area contributed by atoms with Crippen molar-refractivity contribution >= 4 is 15.9 Å². The second-order valence-electron chi connectivity index (χ2n) is 6.54. The number of halogens is 2. The lowest BCUT2D eigenvalue weighted by atomic mass is 9.68. The Balaban J connectivity index is 1.67. The minimum Gasteiger partial charge on any atom is -0.349 e. The molecule has 0 aromatic heterocycles. The van der Waals surface area contributed by atoms with Crippen LogP contribution in [-0.4, -0.2) is 31.7 Å². The lowest BCUT2D eigenvalue weighted by molar-refractivity contribution is -0.127. The molecule has 8 heteroatoms. The van der Waals surface area contributed by atoms with Crippen LogP contribution in [0.25, 0.3) is 0 Å². The molecular formula is C16H20F2N2O3S. The molecule has 1 aliphatic carbocycles. The number of carbonyl (C=O) groups excluding carboxylic acids is 1. The Bertz CT molecular complexity index is 727. The van der Waals surface area contributed by atoms with Crippen LogP contribution in [0.15, 0.2) is 18.2 Å². The minimum atomic E-state index is -3.71. The van der Waals surface area contributed by atoms with E-state index in [4.69, 9.17) is 0 Å². The number of amides is 1. The molecule has 5 nitrogen and oxygen atoms in total. The fourth-order valence-electron chi connectivity index (χ4n) is 3.47. The summed E-state index contributed by atoms with van der Waals surface area (Å²) in [6.07, 6.45) is 2.91. The SMILES string of the molecule is O=C1CCC(NS(=O)(=O)CCc2c(F)cccc2F)C2(CCC2)N1. The predicted octanol–water partition coefficient (Wildman–Crippen LogP) is 1.63. The van der Waals surface area contributed by atoms with Crippen LogP contribution >= 0.6 is 0 Å². The number of hydrogen-bond donors (Lipinski definition) is 2. The largest absolute Gasteiger partial charge is 0.349 e. The quantitative estimate of drug-likeness (QED) is 0.840. The molecule has 1 spiro atoms. The van der Waals surface area contributed by atoms with Gasteiger partial charge in [0, 0.05) is 18.0 Å². The van der Waals surface area contributed by atoms with Crippen LogP contribution in [0, 0.1) is 11.6 Å². The molecule has 3 rings (SSSR count). The van der Waals surface area contributed by atoms with E-state index in [1.807, 2.05) is 0 Å². The van der Waals surface area contributed by atoms with Crippen molar-refractivity contribution in [1.29, 1.82) is 0 Å². The molecule has 2 fully saturated rings. The van der Waals surface area contributed by atoms with Crippen LogP contribution < -0.4 is 10.0 Å². The van der Waals surface area contributed by atoms with E-state index in [2.05, 4.69) is 10.0 Å². The number of sulfonamides is 1. The number of rotatable bonds is 5. The van der Waals surface area contributed by atoms with Crippen molar-refractivity contribution < 1.29 is 22.0 Å². The van der Waals surface area contributed by atoms with Gasteiger partial charge in [0.2, 0.25) is 15.9 Å². The van der Waals surface area contributed by atoms with Crippen molar-refractivity contribution in [2.75, 3.05) is 5.75 Å². The summed E-state index contributed by atoms with van der Waals surface area (Å²) in [5.74, 6) is -1.94. The normalized spacial score (nSPS) is 22.9. The van der Waals surface area contributed by atoms with E-state index in [9.17, 15) is 22.0 Å². The molecule has 1 saturated heterocycles. The second kappa shape index (κ2) is 6.40. The van der Waals surface area contributed by atoms with Crippen molar-refractivity contribution in [1.82, 2.24) is 10.0 Å². The molecule has 2 N–H and O–H groups in total. The Labute approximate surface area is 139 Å². The molecule has 1 aromatic rings. The van der Waals surface area contributed by atoms with Gasteiger partial charge < -0.3 is 5.32 Å². The topological polar surface area (TPSA) is 75.3 Å². The summed E-state index contributed by atoms with van der Waals surface area (Å²) in [6, 6.07) is 3.10. The van der Waals surface area contributed by atoms with Crippen molar-refractivity contribution in [2.24, 2.45) is 0 Å². The maximum atomic E-state index is 13.6. The summed E-state index contributed by atoms with van der Waals surface area (Å²) < 4.78 is 54.5. The lowest BCUT2D eigenvalue weighted by Crippen LogP contribution is -2.68. The van der Waals surface area contributed by atoms with Gasteiger partial charge >= 0.3 is 0 Å². The Kier molecular flexibility index (Phi) is 4.61. The number of hydrogen-bond acceptors (Lipinski definition) is 3. The Morgan fingerprint density at radius 2 is 1.92 bits per heavy atom. The van der Waals surface area contributed by atoms with E-state index >= 15 is 0 Å². The molecule has 24 heavy (non-hydrogen) atoms. The molecule has 132 valence electrons. The molecule has 0 radical (unpaired) electrons. The molecule has 1 unspecified atom stereocenters. The molecule has 0 bridgehead atoms. The third-order valence-electron chi connectivity index (χ3n) is 4.97. The third-order valence-corrected chi connectivity index (χ3v) is 6.35. The summed E-state index contributed by atoms with van der Waals surface area (Å²) in [7, 11) is -3.71. The first-order valence-electron chi connectivity index (χ1n) is 8.05. The average Bonchev–Trinajstić information content (AvgIpc) is 2.46. The number of carbonyl (C=O) groups is 1. The zero-order valence-electron chi connectivity index (χ0n) is 13.1. The number of piperidine rings is 1. The van der Waals surface area contributed by atoms with Gasteiger partial charge in [0.25, 0.3) is 0 Å². The predicted molar refractivity (Wildman–Crippen MR) is 84.7 cm³/mol. The zero-order valence-corrected chi connectivity index (χ0v) is 14.0. The Hall–Kier alpha value is -1.54. The molecule has 1 amide bonds. The van der Waals surface area contributed by atoms with E-state index in [0.29, 0.717) is 6.42 Å². The monoisotopic (exact) mass is 358 g/mol. The van der Waals surface area contributed by atoms with Gasteiger partial charge in [-0.15, -0.1) is 0 Å². The fourth-order valence-corrected chi connectivity index (χ4v) is 4.83. The highest BCUT2D eigenvalue weighted by Crippen LogP contribution is 2.39. The van der Waals surface area contributed by atoms with Crippen LogP contribution in [0.5, 0.6) is 0 Å². The highest BCUT2D eigenvalue weighted by molar-refractivity contribution is 7.89. The third kappa shape index (κ3) is 3.44. The molecule has 1 saturated carbocycles. The second-order valence-corrected chi connectivity index (χ2v) is 8.41. The maximum absolute atomic E-state index is 13.6. The molecule has 1 aliphatic heterocycles. The summed E-state index contributed by atoms with van der Waals surface area (Å²) in [5, 5.41) is 2.91. The van der Waals surface area contributed by atoms with E-state index in [0.717, 1.165) is 31.4 Å². The van der Waals surface area contributed by atoms with Gasteiger partial charge in [-0.3, -0.25) is 4.79 Å². The summed E-state index contributed by atoms with van der Waals surface area (Å²) in [6.45, 7) is 0. The van der Waals surface area contributed by atoms with E-state index in [1.165, 1.54) is 6.07 Å². The zero-order chi connectivity index (χ0) is 17.4. The van der Waals surface area contributed by atoms with E-state index in [1.54, 1.807) is 0 Å². The van der Waals surface area contributed by atoms with Gasteiger partial charge in [-0.2, -0.15) is 0 Å². The smallest absolute Gasteiger partial charge is 0.220 e. The van der Waals surface area contributed by atoms with Gasteiger partial charge in [0.1, 0.15) is 11.6 Å². The molecule has 1 aromatic carbocycles. The van der Waals surface area contributed by atoms with Crippen LogP contribution in [0.3, 0.4) is 0 Å². The number of nitrogens with one attached hydrogen (secondary N) is 2. The van der Waals surface area contributed by atoms with Crippen molar-refractivity contribution in [3.05, 3.63) is 35.4 Å². The average molecular weight is 358 g/mol. The molecular weight excluding hydrogens is 338 g/mol. The van der Waals surface area contributed by atoms with Gasteiger partial charge in [-0.1, -0.05) is 6.07 Å². The van der Waals surface area contributed by atoms with Crippen LogP contribution in [-0.2, 0) is 21.2 Å². The van der Waals surface area contributed by atoms with Crippen LogP contribution in [0.4, 0.5) is 8.78 Å². The summed E-state index contributed by atoms with van der Waals surface area (Å²) in [4.78, 5) is 11.6. The standard InChI is InChI=1S/C16H20F2N2O3S/c17-12-3-1-4-13(18)11(12)7-10-24(22,23)20-14-5-6-15(21)19-16(14)8-2-9-16/h1,3-4,14,20H,2,5-10H2,(H,19,21). The van der Waals surface area contributed by atoms with Crippen LogP contribution in [0.1, 0.15) is 37.7 Å². The first kappa shape index (κ1) is 17.3. The van der Waals surface area contributed by atoms with Crippen molar-refractivity contribution in [3.63, 3.8) is 0 Å². The number of benzene rings is 1. The fraction of sp³-hybridized carbons (Fsp3) is 0.562. The molecule has 2 aliphatic rings. The Morgan fingerprint density at radius 3 is 2.50 bits per heavy atom. The first-order chi connectivity index (χ1) is 11.3. The first-order valence-corrected chi connectivity index (χ1v) is 9.70. The van der Waals surface area contributed by atoms with E-state index in [-0.39, 0.29) is 30.4 Å². The van der Waals surface area contributed by atoms with Gasteiger partial charge in [0.05, 0.1) is 11.3 Å². The van der Waals surface area contributed by atoms with Gasteiger partial charge in [-0.05, 0) is 44.2 Å². The van der Waals surface area contributed by atoms with Gasteiger partial charge in [-0.25, -0.2) is 21.9 Å². The summed E-state index contributed by atoms with van der Waals surface area (Å²) in [5.41, 5.74) is -0.718. The van der Waals surface area contributed by atoms with Gasteiger partial charge in [0.15, 0.2) is 0 Å². The Morgan fingerprint density at radius 1 is 1.25 bits per heavy atom. The van der Waals surface area contributed by atoms with Crippen LogP contribution in [0.2, 0.25) is 0 Å². The van der Waals surface area contributed by atoms with Crippen molar-refractivity contribution in [3.8, 4) is 0 Å². The van der Waals surface area contributed by atoms with E-state index < -0.39 is 32.9 Å². The molecule has 1 atom stereocenters. The maximum Gasteiger partial charge on any atom is 0.220 e. The van der Waals surface area contributed by atoms with Crippen molar-refractivity contribution in [2.45, 2.75) is 50.1 Å². The molecule has 1 heterocycles. The summed E-state index contributed by atoms with van der Waals surface area (Å²) >= 11 is 0. The highest BCUT2D eigenvalue weighted by Gasteiger charge is 2.48. The minimum absolute atomic E-state index is 0.0569. The highest BCUT2D eigenvalue weighted by atomic mass is 32.2.